The molecule has 0 bridgehead atoms. The van der Waals surface area contributed by atoms with Crippen molar-refractivity contribution in [2.45, 2.75) is 26.7 Å². The molecule has 2 heteroatoms. The topological polar surface area (TPSA) is 25.2 Å². The first-order chi connectivity index (χ1) is 7.76. The fraction of sp³-hybridized carbons (Fsp3) is 0.286. The van der Waals surface area contributed by atoms with Crippen molar-refractivity contribution in [3.8, 4) is 0 Å². The van der Waals surface area contributed by atoms with Gasteiger partial charge in [-0.1, -0.05) is 25.6 Å². The van der Waals surface area contributed by atoms with Gasteiger partial charge in [0.15, 0.2) is 0 Å². The van der Waals surface area contributed by atoms with Crippen molar-refractivity contribution in [3.63, 3.8) is 0 Å². The van der Waals surface area contributed by atoms with Crippen molar-refractivity contribution in [1.29, 1.82) is 0 Å². The standard InChI is InChI=1S/C14H18N2/c1-4-6-12(3)15-10-9-14-8-7-13(5-2)11-16-14/h4,6-8,10-11H,1,5,9H2,2-3H3/b12-6-,15-10?. The van der Waals surface area contributed by atoms with E-state index in [1.807, 2.05) is 25.4 Å². The quantitative estimate of drug-likeness (QED) is 0.545. The second-order valence-corrected chi connectivity index (χ2v) is 3.57. The summed E-state index contributed by atoms with van der Waals surface area (Å²) in [4.78, 5) is 8.64. The Labute approximate surface area is 97.5 Å². The molecule has 16 heavy (non-hydrogen) atoms. The van der Waals surface area contributed by atoms with E-state index in [-0.39, 0.29) is 0 Å². The van der Waals surface area contributed by atoms with Gasteiger partial charge in [-0.2, -0.15) is 0 Å². The van der Waals surface area contributed by atoms with Crippen molar-refractivity contribution in [2.75, 3.05) is 0 Å². The van der Waals surface area contributed by atoms with Crippen LogP contribution in [-0.4, -0.2) is 11.2 Å². The summed E-state index contributed by atoms with van der Waals surface area (Å²) in [6, 6.07) is 4.17. The summed E-state index contributed by atoms with van der Waals surface area (Å²) >= 11 is 0. The van der Waals surface area contributed by atoms with Crippen molar-refractivity contribution in [1.82, 2.24) is 4.98 Å². The van der Waals surface area contributed by atoms with Gasteiger partial charge < -0.3 is 0 Å². The average molecular weight is 214 g/mol. The molecule has 0 saturated heterocycles. The van der Waals surface area contributed by atoms with Gasteiger partial charge in [0, 0.05) is 30.2 Å². The highest BCUT2D eigenvalue weighted by molar-refractivity contribution is 5.62. The zero-order valence-corrected chi connectivity index (χ0v) is 9.98. The lowest BCUT2D eigenvalue weighted by Gasteiger charge is -1.98. The minimum absolute atomic E-state index is 0.770. The molecule has 0 aromatic carbocycles. The molecule has 1 aromatic rings. The van der Waals surface area contributed by atoms with Crippen molar-refractivity contribution < 1.29 is 0 Å². The van der Waals surface area contributed by atoms with Crippen LogP contribution in [0, 0.1) is 0 Å². The third-order valence-electron chi connectivity index (χ3n) is 2.25. The molecule has 0 radical (unpaired) electrons. The van der Waals surface area contributed by atoms with Gasteiger partial charge in [0.05, 0.1) is 0 Å². The van der Waals surface area contributed by atoms with Crippen molar-refractivity contribution in [2.24, 2.45) is 4.99 Å². The van der Waals surface area contributed by atoms with E-state index in [0.717, 1.165) is 24.2 Å². The first-order valence-corrected chi connectivity index (χ1v) is 5.52. The Morgan fingerprint density at radius 3 is 2.88 bits per heavy atom. The molecular weight excluding hydrogens is 196 g/mol. The van der Waals surface area contributed by atoms with Gasteiger partial charge in [0.25, 0.3) is 0 Å². The summed E-state index contributed by atoms with van der Waals surface area (Å²) in [7, 11) is 0. The zero-order chi connectivity index (χ0) is 11.8. The van der Waals surface area contributed by atoms with E-state index in [4.69, 9.17) is 0 Å². The van der Waals surface area contributed by atoms with Crippen LogP contribution in [0.1, 0.15) is 25.1 Å². The molecule has 0 unspecified atom stereocenters. The van der Waals surface area contributed by atoms with Gasteiger partial charge in [0.1, 0.15) is 0 Å². The molecule has 2 nitrogen and oxygen atoms in total. The molecule has 0 aliphatic heterocycles. The van der Waals surface area contributed by atoms with Crippen LogP contribution in [0.3, 0.4) is 0 Å². The summed E-state index contributed by atoms with van der Waals surface area (Å²) in [6.07, 6.45) is 9.22. The molecular formula is C14H18N2. The fourth-order valence-corrected chi connectivity index (χ4v) is 1.28. The van der Waals surface area contributed by atoms with E-state index in [0.29, 0.717) is 0 Å². The lowest BCUT2D eigenvalue weighted by molar-refractivity contribution is 1.06. The summed E-state index contributed by atoms with van der Waals surface area (Å²) in [5.74, 6) is 0. The van der Waals surface area contributed by atoms with Crippen LogP contribution in [0.4, 0.5) is 0 Å². The Morgan fingerprint density at radius 1 is 1.50 bits per heavy atom. The number of rotatable bonds is 5. The van der Waals surface area contributed by atoms with Gasteiger partial charge in [-0.05, 0) is 31.1 Å². The van der Waals surface area contributed by atoms with E-state index >= 15 is 0 Å². The normalized spacial score (nSPS) is 12.0. The molecule has 0 N–H and O–H groups in total. The Balaban J connectivity index is 2.54. The highest BCUT2D eigenvalue weighted by atomic mass is 14.7. The largest absolute Gasteiger partial charge is 0.266 e. The molecule has 1 rings (SSSR count). The first kappa shape index (κ1) is 12.4. The monoisotopic (exact) mass is 214 g/mol. The van der Waals surface area contributed by atoms with Crippen molar-refractivity contribution >= 4 is 6.21 Å². The van der Waals surface area contributed by atoms with E-state index in [2.05, 4.69) is 35.6 Å². The molecule has 0 aliphatic rings. The summed E-state index contributed by atoms with van der Waals surface area (Å²) < 4.78 is 0. The number of aromatic nitrogens is 1. The summed E-state index contributed by atoms with van der Waals surface area (Å²) in [6.45, 7) is 7.70. The lowest BCUT2D eigenvalue weighted by Crippen LogP contribution is -1.92. The molecule has 0 saturated carbocycles. The SMILES string of the molecule is C=C/C=C(/C)N=CCc1ccc(CC)cn1. The minimum atomic E-state index is 0.770. The maximum atomic E-state index is 4.36. The second kappa shape index (κ2) is 6.72. The Hall–Kier alpha value is -1.70. The van der Waals surface area contributed by atoms with Crippen molar-refractivity contribution in [3.05, 3.63) is 54.0 Å². The average Bonchev–Trinajstić information content (AvgIpc) is 2.30. The number of pyridine rings is 1. The number of hydrogen-bond donors (Lipinski definition) is 0. The second-order valence-electron chi connectivity index (χ2n) is 3.57. The van der Waals surface area contributed by atoms with Crippen LogP contribution < -0.4 is 0 Å². The molecule has 84 valence electrons. The fourth-order valence-electron chi connectivity index (χ4n) is 1.28. The Kier molecular flexibility index (Phi) is 5.20. The smallest absolute Gasteiger partial charge is 0.0457 e. The maximum absolute atomic E-state index is 4.36. The Bertz CT molecular complexity index is 386. The number of nitrogens with zero attached hydrogens (tertiary/aromatic N) is 2. The minimum Gasteiger partial charge on any atom is -0.266 e. The van der Waals surface area contributed by atoms with Gasteiger partial charge in [-0.15, -0.1) is 0 Å². The van der Waals surface area contributed by atoms with E-state index < -0.39 is 0 Å². The highest BCUT2D eigenvalue weighted by Crippen LogP contribution is 2.01. The molecule has 1 heterocycles. The summed E-state index contributed by atoms with van der Waals surface area (Å²) in [5.41, 5.74) is 3.27. The number of aliphatic imine (C=N–C) groups is 1. The summed E-state index contributed by atoms with van der Waals surface area (Å²) in [5, 5.41) is 0. The molecule has 1 aromatic heterocycles. The molecule has 0 fully saturated rings. The number of allylic oxidation sites excluding steroid dienone is 3. The van der Waals surface area contributed by atoms with E-state index in [1.54, 1.807) is 6.08 Å². The maximum Gasteiger partial charge on any atom is 0.0457 e. The van der Waals surface area contributed by atoms with Crippen LogP contribution in [0.15, 0.2) is 47.7 Å². The van der Waals surface area contributed by atoms with Crippen LogP contribution >= 0.6 is 0 Å². The van der Waals surface area contributed by atoms with Crippen LogP contribution in [0.5, 0.6) is 0 Å². The number of aryl methyl sites for hydroxylation is 1. The lowest BCUT2D eigenvalue weighted by atomic mass is 10.2. The Morgan fingerprint density at radius 2 is 2.31 bits per heavy atom. The molecule has 0 atom stereocenters. The van der Waals surface area contributed by atoms with Crippen LogP contribution in [0.25, 0.3) is 0 Å². The number of hydrogen-bond acceptors (Lipinski definition) is 2. The zero-order valence-electron chi connectivity index (χ0n) is 9.98. The van der Waals surface area contributed by atoms with Gasteiger partial charge >= 0.3 is 0 Å². The van der Waals surface area contributed by atoms with Gasteiger partial charge in [-0.3, -0.25) is 9.98 Å². The molecule has 0 spiro atoms. The van der Waals surface area contributed by atoms with Crippen LogP contribution in [-0.2, 0) is 12.8 Å². The van der Waals surface area contributed by atoms with Gasteiger partial charge in [0.2, 0.25) is 0 Å². The third kappa shape index (κ3) is 4.22. The third-order valence-corrected chi connectivity index (χ3v) is 2.25. The van der Waals surface area contributed by atoms with E-state index in [9.17, 15) is 0 Å². The van der Waals surface area contributed by atoms with E-state index in [1.165, 1.54) is 5.56 Å². The molecule has 0 aliphatic carbocycles. The predicted octanol–water partition coefficient (Wildman–Crippen LogP) is 3.35. The first-order valence-electron chi connectivity index (χ1n) is 5.52. The predicted molar refractivity (Wildman–Crippen MR) is 69.8 cm³/mol. The molecule has 0 amide bonds. The van der Waals surface area contributed by atoms with Crippen LogP contribution in [0.2, 0.25) is 0 Å². The van der Waals surface area contributed by atoms with Gasteiger partial charge in [-0.25, -0.2) is 0 Å². The highest BCUT2D eigenvalue weighted by Gasteiger charge is 1.92.